The second-order valence-electron chi connectivity index (χ2n) is 3.20. The minimum atomic E-state index is -0.830. The Bertz CT molecular complexity index is 224. The van der Waals surface area contributed by atoms with E-state index in [2.05, 4.69) is 10.3 Å². The van der Waals surface area contributed by atoms with E-state index in [1.54, 1.807) is 10.4 Å². The highest BCUT2D eigenvalue weighted by Crippen LogP contribution is 1.94. The molecule has 0 aliphatic carbocycles. The lowest BCUT2D eigenvalue weighted by atomic mass is 10.4. The highest BCUT2D eigenvalue weighted by Gasteiger charge is 2.18. The Morgan fingerprint density at radius 1 is 1.14 bits per heavy atom. The third-order valence-corrected chi connectivity index (χ3v) is 2.10. The fourth-order valence-electron chi connectivity index (χ4n) is 1.18. The van der Waals surface area contributed by atoms with Gasteiger partial charge in [0.15, 0.2) is 0 Å². The van der Waals surface area contributed by atoms with Gasteiger partial charge in [-0.1, -0.05) is 0 Å². The number of nitrogens with zero attached hydrogens (tertiary/aromatic N) is 2. The van der Waals surface area contributed by atoms with Crippen LogP contribution in [0.5, 0.6) is 0 Å². The van der Waals surface area contributed by atoms with Gasteiger partial charge in [-0.15, -0.1) is 0 Å². The minimum absolute atomic E-state index is 0.708. The lowest BCUT2D eigenvalue weighted by Gasteiger charge is -2.31. The van der Waals surface area contributed by atoms with Crippen LogP contribution in [0, 0.1) is 0 Å². The van der Waals surface area contributed by atoms with Crippen molar-refractivity contribution in [2.75, 3.05) is 33.2 Å². The smallest absolute Gasteiger partial charge is 0.304 e. The molecular formula is C7H15N5O2. The summed E-state index contributed by atoms with van der Waals surface area (Å²) >= 11 is 0. The van der Waals surface area contributed by atoms with E-state index in [1.807, 2.05) is 7.05 Å². The van der Waals surface area contributed by atoms with Crippen molar-refractivity contribution in [1.29, 1.82) is 0 Å². The molecule has 0 aromatic rings. The van der Waals surface area contributed by atoms with Gasteiger partial charge in [0.05, 0.1) is 0 Å². The first-order valence-corrected chi connectivity index (χ1v) is 4.38. The summed E-state index contributed by atoms with van der Waals surface area (Å²) in [7, 11) is 2.01. The second-order valence-corrected chi connectivity index (χ2v) is 3.20. The molecule has 1 fully saturated rings. The lowest BCUT2D eigenvalue weighted by molar-refractivity contribution is -0.142. The lowest BCUT2D eigenvalue weighted by Crippen LogP contribution is -2.56. The van der Waals surface area contributed by atoms with Gasteiger partial charge >= 0.3 is 11.8 Å². The van der Waals surface area contributed by atoms with Crippen LogP contribution in [0.25, 0.3) is 0 Å². The Morgan fingerprint density at radius 2 is 1.71 bits per heavy atom. The molecule has 0 saturated carbocycles. The van der Waals surface area contributed by atoms with E-state index in [9.17, 15) is 9.59 Å². The fraction of sp³-hybridized carbons (Fsp3) is 0.714. The quantitative estimate of drug-likeness (QED) is 0.185. The molecule has 1 aliphatic rings. The molecule has 7 nitrogen and oxygen atoms in total. The summed E-state index contributed by atoms with van der Waals surface area (Å²) in [5, 5.41) is 1.71. The summed E-state index contributed by atoms with van der Waals surface area (Å²) < 4.78 is 0. The van der Waals surface area contributed by atoms with Crippen LogP contribution >= 0.6 is 0 Å². The van der Waals surface area contributed by atoms with E-state index in [-0.39, 0.29) is 0 Å². The van der Waals surface area contributed by atoms with Crippen LogP contribution < -0.4 is 16.7 Å². The molecule has 0 bridgehead atoms. The van der Waals surface area contributed by atoms with Gasteiger partial charge in [-0.25, -0.2) is 10.9 Å². The van der Waals surface area contributed by atoms with Gasteiger partial charge in [0.1, 0.15) is 0 Å². The van der Waals surface area contributed by atoms with Gasteiger partial charge in [-0.3, -0.25) is 20.4 Å². The number of amides is 2. The monoisotopic (exact) mass is 201 g/mol. The molecule has 1 saturated heterocycles. The molecule has 4 N–H and O–H groups in total. The molecule has 0 aromatic carbocycles. The van der Waals surface area contributed by atoms with Crippen molar-refractivity contribution in [2.24, 2.45) is 5.84 Å². The SMILES string of the molecule is CN1CCN(NC(=O)C(=O)NN)CC1. The van der Waals surface area contributed by atoms with Crippen molar-refractivity contribution >= 4 is 11.8 Å². The van der Waals surface area contributed by atoms with Crippen molar-refractivity contribution in [3.05, 3.63) is 0 Å². The third-order valence-electron chi connectivity index (χ3n) is 2.10. The molecule has 0 aromatic heterocycles. The molecule has 80 valence electrons. The molecule has 1 aliphatic heterocycles. The predicted octanol–water partition coefficient (Wildman–Crippen LogP) is -2.75. The Labute approximate surface area is 82.1 Å². The number of nitrogens with one attached hydrogen (secondary N) is 2. The molecule has 0 spiro atoms. The maximum atomic E-state index is 11.1. The van der Waals surface area contributed by atoms with Gasteiger partial charge in [0, 0.05) is 26.2 Å². The largest absolute Gasteiger partial charge is 0.324 e. The Kier molecular flexibility index (Phi) is 3.81. The van der Waals surface area contributed by atoms with Crippen LogP contribution in [-0.2, 0) is 9.59 Å². The Hall–Kier alpha value is -1.18. The number of hydrogen-bond donors (Lipinski definition) is 3. The zero-order valence-corrected chi connectivity index (χ0v) is 8.12. The molecule has 1 rings (SSSR count). The number of hydrogen-bond acceptors (Lipinski definition) is 5. The topological polar surface area (TPSA) is 90.7 Å². The fourth-order valence-corrected chi connectivity index (χ4v) is 1.18. The van der Waals surface area contributed by atoms with E-state index in [4.69, 9.17) is 5.84 Å². The number of carbonyl (C=O) groups is 2. The molecule has 0 unspecified atom stereocenters. The predicted molar refractivity (Wildman–Crippen MR) is 49.5 cm³/mol. The van der Waals surface area contributed by atoms with E-state index in [0.29, 0.717) is 13.1 Å². The zero-order chi connectivity index (χ0) is 10.6. The highest BCUT2D eigenvalue weighted by molar-refractivity contribution is 6.34. The van der Waals surface area contributed by atoms with E-state index < -0.39 is 11.8 Å². The number of likely N-dealkylation sites (N-methyl/N-ethyl adjacent to an activating group) is 1. The number of rotatable bonds is 1. The minimum Gasteiger partial charge on any atom is -0.304 e. The van der Waals surface area contributed by atoms with E-state index >= 15 is 0 Å². The third kappa shape index (κ3) is 2.95. The van der Waals surface area contributed by atoms with Crippen LogP contribution in [0.15, 0.2) is 0 Å². The van der Waals surface area contributed by atoms with Gasteiger partial charge < -0.3 is 4.90 Å². The maximum absolute atomic E-state index is 11.1. The molecular weight excluding hydrogens is 186 g/mol. The van der Waals surface area contributed by atoms with Gasteiger partial charge in [-0.05, 0) is 7.05 Å². The number of piperazine rings is 1. The molecule has 1 heterocycles. The zero-order valence-electron chi connectivity index (χ0n) is 8.12. The summed E-state index contributed by atoms with van der Waals surface area (Å²) in [6.07, 6.45) is 0. The first kappa shape index (κ1) is 10.9. The summed E-state index contributed by atoms with van der Waals surface area (Å²) in [6, 6.07) is 0. The van der Waals surface area contributed by atoms with Crippen LogP contribution in [0.4, 0.5) is 0 Å². The number of carbonyl (C=O) groups excluding carboxylic acids is 2. The molecule has 0 radical (unpaired) electrons. The van der Waals surface area contributed by atoms with Crippen molar-refractivity contribution in [3.63, 3.8) is 0 Å². The maximum Gasteiger partial charge on any atom is 0.324 e. The second kappa shape index (κ2) is 4.89. The van der Waals surface area contributed by atoms with Crippen LogP contribution in [0.3, 0.4) is 0 Å². The normalized spacial score (nSPS) is 19.0. The van der Waals surface area contributed by atoms with Crippen LogP contribution in [0.2, 0.25) is 0 Å². The Morgan fingerprint density at radius 3 is 2.21 bits per heavy atom. The summed E-state index contributed by atoms with van der Waals surface area (Å²) in [5.74, 6) is 3.26. The first-order chi connectivity index (χ1) is 6.63. The molecule has 14 heavy (non-hydrogen) atoms. The number of hydrazine groups is 2. The first-order valence-electron chi connectivity index (χ1n) is 4.38. The van der Waals surface area contributed by atoms with Gasteiger partial charge in [-0.2, -0.15) is 0 Å². The molecule has 7 heteroatoms. The summed E-state index contributed by atoms with van der Waals surface area (Å²) in [5.41, 5.74) is 4.24. The highest BCUT2D eigenvalue weighted by atomic mass is 16.2. The average Bonchev–Trinajstić information content (AvgIpc) is 2.20. The van der Waals surface area contributed by atoms with Gasteiger partial charge in [0.25, 0.3) is 0 Å². The van der Waals surface area contributed by atoms with E-state index in [0.717, 1.165) is 13.1 Å². The average molecular weight is 201 g/mol. The van der Waals surface area contributed by atoms with Crippen molar-refractivity contribution in [2.45, 2.75) is 0 Å². The summed E-state index contributed by atoms with van der Waals surface area (Å²) in [6.45, 7) is 3.15. The van der Waals surface area contributed by atoms with Crippen molar-refractivity contribution in [1.82, 2.24) is 20.8 Å². The van der Waals surface area contributed by atoms with E-state index in [1.165, 1.54) is 0 Å². The molecule has 0 atom stereocenters. The van der Waals surface area contributed by atoms with Crippen LogP contribution in [0.1, 0.15) is 0 Å². The Balaban J connectivity index is 2.31. The summed E-state index contributed by atoms with van der Waals surface area (Å²) in [4.78, 5) is 24.0. The van der Waals surface area contributed by atoms with Crippen molar-refractivity contribution < 1.29 is 9.59 Å². The number of nitrogens with two attached hydrogens (primary N) is 1. The van der Waals surface area contributed by atoms with Gasteiger partial charge in [0.2, 0.25) is 0 Å². The van der Waals surface area contributed by atoms with Crippen molar-refractivity contribution in [3.8, 4) is 0 Å². The molecule has 2 amide bonds. The van der Waals surface area contributed by atoms with Crippen LogP contribution in [-0.4, -0.2) is 54.9 Å². The standard InChI is InChI=1S/C7H15N5O2/c1-11-2-4-12(5-3-11)10-7(14)6(13)9-8/h2-5,8H2,1H3,(H,9,13)(H,10,14).